The third-order valence-corrected chi connectivity index (χ3v) is 4.04. The first-order valence-electron chi connectivity index (χ1n) is 8.28. The number of nitrogens with one attached hydrogen (secondary N) is 2. The molecule has 5 heteroatoms. The first-order chi connectivity index (χ1) is 11.5. The maximum atomic E-state index is 12.0. The third kappa shape index (κ3) is 5.42. The molecule has 1 aromatic carbocycles. The molecule has 3 unspecified atom stereocenters. The predicted molar refractivity (Wildman–Crippen MR) is 93.9 cm³/mol. The Balaban J connectivity index is 1.73. The molecule has 2 rings (SSSR count). The van der Waals surface area contributed by atoms with E-state index >= 15 is 0 Å². The second kappa shape index (κ2) is 8.55. The van der Waals surface area contributed by atoms with Crippen LogP contribution in [0.2, 0.25) is 0 Å². The van der Waals surface area contributed by atoms with Crippen molar-refractivity contribution in [3.05, 3.63) is 59.5 Å². The van der Waals surface area contributed by atoms with Gasteiger partial charge >= 0.3 is 6.03 Å². The molecule has 0 spiro atoms. The number of hydrogen-bond donors (Lipinski definition) is 3. The Labute approximate surface area is 143 Å². The second-order valence-corrected chi connectivity index (χ2v) is 6.33. The summed E-state index contributed by atoms with van der Waals surface area (Å²) in [6, 6.07) is 11.4. The maximum absolute atomic E-state index is 12.0. The molecule has 0 saturated carbocycles. The van der Waals surface area contributed by atoms with Crippen molar-refractivity contribution in [1.29, 1.82) is 0 Å². The van der Waals surface area contributed by atoms with Crippen molar-refractivity contribution in [1.82, 2.24) is 10.6 Å². The average Bonchev–Trinajstić information content (AvgIpc) is 3.07. The van der Waals surface area contributed by atoms with Crippen LogP contribution >= 0.6 is 0 Å². The van der Waals surface area contributed by atoms with E-state index in [0.717, 1.165) is 0 Å². The molecule has 0 radical (unpaired) electrons. The summed E-state index contributed by atoms with van der Waals surface area (Å²) in [6.45, 7) is 6.55. The number of carbonyl (C=O) groups excluding carboxylic acids is 1. The molecule has 0 saturated heterocycles. The van der Waals surface area contributed by atoms with Crippen LogP contribution in [0.3, 0.4) is 0 Å². The highest BCUT2D eigenvalue weighted by Crippen LogP contribution is 2.18. The monoisotopic (exact) mass is 330 g/mol. The molecule has 0 aliphatic rings. The summed E-state index contributed by atoms with van der Waals surface area (Å²) in [5, 5.41) is 15.7. The van der Waals surface area contributed by atoms with Crippen molar-refractivity contribution >= 4 is 6.03 Å². The molecule has 1 aromatic heterocycles. The summed E-state index contributed by atoms with van der Waals surface area (Å²) < 4.78 is 5.16. The van der Waals surface area contributed by atoms with Crippen molar-refractivity contribution in [3.63, 3.8) is 0 Å². The number of urea groups is 1. The zero-order valence-corrected chi connectivity index (χ0v) is 14.5. The molecule has 2 aromatic rings. The van der Waals surface area contributed by atoms with E-state index in [4.69, 9.17) is 4.42 Å². The first kappa shape index (κ1) is 18.1. The summed E-state index contributed by atoms with van der Waals surface area (Å²) in [5.74, 6) is 0.748. The minimum atomic E-state index is -0.721. The highest BCUT2D eigenvalue weighted by Gasteiger charge is 2.16. The minimum absolute atomic E-state index is 0.167. The number of aliphatic hydroxyl groups is 1. The molecule has 3 N–H and O–H groups in total. The van der Waals surface area contributed by atoms with Gasteiger partial charge in [0.15, 0.2) is 0 Å². The summed E-state index contributed by atoms with van der Waals surface area (Å²) in [6.07, 6.45) is 1.20. The van der Waals surface area contributed by atoms with E-state index in [0.29, 0.717) is 18.7 Å². The van der Waals surface area contributed by atoms with Gasteiger partial charge in [0.2, 0.25) is 0 Å². The van der Waals surface area contributed by atoms with Crippen molar-refractivity contribution < 1.29 is 14.3 Å². The molecule has 24 heavy (non-hydrogen) atoms. The Morgan fingerprint density at radius 2 is 1.92 bits per heavy atom. The number of carbonyl (C=O) groups is 1. The standard InChI is InChI=1S/C19H26N2O3/c1-13-6-8-16(9-7-13)14(2)12-20-19(23)21-15(3)11-17(22)18-5-4-10-24-18/h4-10,14-15,17,22H,11-12H2,1-3H3,(H2,20,21,23). The average molecular weight is 330 g/mol. The molecule has 0 aliphatic heterocycles. The molecule has 3 atom stereocenters. The van der Waals surface area contributed by atoms with Crippen LogP contribution in [0.15, 0.2) is 47.1 Å². The van der Waals surface area contributed by atoms with Gasteiger partial charge in [-0.2, -0.15) is 0 Å². The molecule has 0 aliphatic carbocycles. The van der Waals surface area contributed by atoms with Crippen molar-refractivity contribution in [2.75, 3.05) is 6.54 Å². The number of rotatable bonds is 7. The Hall–Kier alpha value is -2.27. The Morgan fingerprint density at radius 1 is 1.21 bits per heavy atom. The summed E-state index contributed by atoms with van der Waals surface area (Å²) in [4.78, 5) is 12.0. The fourth-order valence-electron chi connectivity index (χ4n) is 2.52. The van der Waals surface area contributed by atoms with Crippen molar-refractivity contribution in [3.8, 4) is 0 Å². The van der Waals surface area contributed by atoms with Gasteiger partial charge in [0.05, 0.1) is 6.26 Å². The highest BCUT2D eigenvalue weighted by atomic mass is 16.4. The molecule has 0 fully saturated rings. The van der Waals surface area contributed by atoms with Gasteiger partial charge < -0.3 is 20.2 Å². The third-order valence-electron chi connectivity index (χ3n) is 4.04. The largest absolute Gasteiger partial charge is 0.467 e. The van der Waals surface area contributed by atoms with Gasteiger partial charge in [-0.1, -0.05) is 36.8 Å². The van der Waals surface area contributed by atoms with Crippen LogP contribution in [0.25, 0.3) is 0 Å². The van der Waals surface area contributed by atoms with Crippen LogP contribution in [0.5, 0.6) is 0 Å². The van der Waals surface area contributed by atoms with E-state index in [-0.39, 0.29) is 18.0 Å². The smallest absolute Gasteiger partial charge is 0.315 e. The number of furan rings is 1. The van der Waals surface area contributed by atoms with Crippen LogP contribution < -0.4 is 10.6 Å². The van der Waals surface area contributed by atoms with E-state index in [1.165, 1.54) is 17.4 Å². The van der Waals surface area contributed by atoms with E-state index < -0.39 is 6.10 Å². The number of benzene rings is 1. The van der Waals surface area contributed by atoms with Gasteiger partial charge in [-0.15, -0.1) is 0 Å². The topological polar surface area (TPSA) is 74.5 Å². The van der Waals surface area contributed by atoms with Gasteiger partial charge in [-0.3, -0.25) is 0 Å². The SMILES string of the molecule is Cc1ccc(C(C)CNC(=O)NC(C)CC(O)c2ccco2)cc1. The molecule has 1 heterocycles. The Bertz CT molecular complexity index is 623. The van der Waals surface area contributed by atoms with E-state index in [9.17, 15) is 9.90 Å². The van der Waals surface area contributed by atoms with Crippen LogP contribution in [0.4, 0.5) is 4.79 Å². The molecule has 5 nitrogen and oxygen atoms in total. The normalized spacial score (nSPS) is 14.7. The first-order valence-corrected chi connectivity index (χ1v) is 8.28. The number of amides is 2. The molecule has 0 bridgehead atoms. The van der Waals surface area contributed by atoms with Crippen LogP contribution in [-0.2, 0) is 0 Å². The van der Waals surface area contributed by atoms with Crippen LogP contribution in [0.1, 0.15) is 49.2 Å². The van der Waals surface area contributed by atoms with Crippen LogP contribution in [-0.4, -0.2) is 23.7 Å². The number of hydrogen-bond acceptors (Lipinski definition) is 3. The molecular weight excluding hydrogens is 304 g/mol. The van der Waals surface area contributed by atoms with Gasteiger partial charge in [-0.25, -0.2) is 4.79 Å². The minimum Gasteiger partial charge on any atom is -0.467 e. The second-order valence-electron chi connectivity index (χ2n) is 6.33. The highest BCUT2D eigenvalue weighted by molar-refractivity contribution is 5.74. The summed E-state index contributed by atoms with van der Waals surface area (Å²) >= 11 is 0. The maximum Gasteiger partial charge on any atom is 0.315 e. The molecule has 2 amide bonds. The van der Waals surface area contributed by atoms with Gasteiger partial charge in [0.1, 0.15) is 11.9 Å². The van der Waals surface area contributed by atoms with E-state index in [1.54, 1.807) is 12.1 Å². The fourth-order valence-corrected chi connectivity index (χ4v) is 2.52. The lowest BCUT2D eigenvalue weighted by Crippen LogP contribution is -2.42. The van der Waals surface area contributed by atoms with Gasteiger partial charge in [0, 0.05) is 19.0 Å². The quantitative estimate of drug-likeness (QED) is 0.727. The zero-order chi connectivity index (χ0) is 17.5. The van der Waals surface area contributed by atoms with E-state index in [2.05, 4.69) is 48.7 Å². The van der Waals surface area contributed by atoms with Crippen molar-refractivity contribution in [2.24, 2.45) is 0 Å². The zero-order valence-electron chi connectivity index (χ0n) is 14.5. The van der Waals surface area contributed by atoms with Crippen molar-refractivity contribution in [2.45, 2.75) is 45.3 Å². The lowest BCUT2D eigenvalue weighted by molar-refractivity contribution is 0.129. The lowest BCUT2D eigenvalue weighted by Gasteiger charge is -2.18. The van der Waals surface area contributed by atoms with Crippen LogP contribution in [0, 0.1) is 6.92 Å². The Morgan fingerprint density at radius 3 is 2.54 bits per heavy atom. The fraction of sp³-hybridized carbons (Fsp3) is 0.421. The van der Waals surface area contributed by atoms with E-state index in [1.807, 2.05) is 6.92 Å². The predicted octanol–water partition coefficient (Wildman–Crippen LogP) is 3.50. The Kier molecular flexibility index (Phi) is 6.44. The lowest BCUT2D eigenvalue weighted by atomic mass is 10.0. The molecular formula is C19H26N2O3. The number of aliphatic hydroxyl groups excluding tert-OH is 1. The van der Waals surface area contributed by atoms with Gasteiger partial charge in [-0.05, 0) is 37.5 Å². The van der Waals surface area contributed by atoms with Gasteiger partial charge in [0.25, 0.3) is 0 Å². The summed E-state index contributed by atoms with van der Waals surface area (Å²) in [7, 11) is 0. The number of aryl methyl sites for hydroxylation is 1. The molecule has 130 valence electrons. The summed E-state index contributed by atoms with van der Waals surface area (Å²) in [5.41, 5.74) is 2.42.